The van der Waals surface area contributed by atoms with Crippen LogP contribution in [0.3, 0.4) is 0 Å². The van der Waals surface area contributed by atoms with Gasteiger partial charge in [0, 0.05) is 0 Å². The highest BCUT2D eigenvalue weighted by atomic mass is 16.5. The number of methoxy groups -OCH3 is 1. The van der Waals surface area contributed by atoms with Crippen molar-refractivity contribution >= 4 is 11.9 Å². The number of carboxylic acid groups (broad SMARTS) is 1. The Kier molecular flexibility index (Phi) is 7.58. The molecule has 0 spiro atoms. The number of nitrogens with one attached hydrogen (secondary N) is 1. The number of carboxylic acids is 1. The summed E-state index contributed by atoms with van der Waals surface area (Å²) < 4.78 is 11.0. The molecule has 6 nitrogen and oxygen atoms in total. The third-order valence-electron chi connectivity index (χ3n) is 4.47. The SMILES string of the molecule is COc1ccc(COC(C(=O)NC(C)c2ccc(C(=O)O)cc2)C(C)C)cc1. The van der Waals surface area contributed by atoms with Gasteiger partial charge in [-0.25, -0.2) is 4.79 Å². The molecule has 0 aliphatic rings. The Morgan fingerprint density at radius 2 is 1.61 bits per heavy atom. The lowest BCUT2D eigenvalue weighted by atomic mass is 10.0. The van der Waals surface area contributed by atoms with Crippen molar-refractivity contribution in [3.05, 3.63) is 65.2 Å². The lowest BCUT2D eigenvalue weighted by molar-refractivity contribution is -0.137. The summed E-state index contributed by atoms with van der Waals surface area (Å²) in [6.45, 7) is 6.05. The second-order valence-electron chi connectivity index (χ2n) is 6.98. The summed E-state index contributed by atoms with van der Waals surface area (Å²) in [5.41, 5.74) is 2.00. The van der Waals surface area contributed by atoms with Gasteiger partial charge in [-0.3, -0.25) is 4.79 Å². The molecule has 0 aliphatic carbocycles. The zero-order chi connectivity index (χ0) is 20.7. The molecule has 0 aromatic heterocycles. The first kappa shape index (κ1) is 21.4. The van der Waals surface area contributed by atoms with Crippen LogP contribution in [-0.2, 0) is 16.1 Å². The molecule has 0 fully saturated rings. The summed E-state index contributed by atoms with van der Waals surface area (Å²) in [5, 5.41) is 11.9. The molecule has 0 aliphatic heterocycles. The predicted octanol–water partition coefficient (Wildman–Crippen LogP) is 3.81. The molecule has 0 heterocycles. The van der Waals surface area contributed by atoms with Crippen LogP contribution in [0.4, 0.5) is 0 Å². The van der Waals surface area contributed by atoms with Gasteiger partial charge in [0.1, 0.15) is 11.9 Å². The van der Waals surface area contributed by atoms with E-state index in [0.29, 0.717) is 6.61 Å². The lowest BCUT2D eigenvalue weighted by Crippen LogP contribution is -2.40. The largest absolute Gasteiger partial charge is 0.497 e. The standard InChI is InChI=1S/C22H27NO5/c1-14(2)20(28-13-16-5-11-19(27-4)12-6-16)21(24)23-15(3)17-7-9-18(10-8-17)22(25)26/h5-12,14-15,20H,13H2,1-4H3,(H,23,24)(H,25,26). The van der Waals surface area contributed by atoms with Crippen molar-refractivity contribution in [2.75, 3.05) is 7.11 Å². The van der Waals surface area contributed by atoms with Gasteiger partial charge in [-0.05, 0) is 48.2 Å². The Hall–Kier alpha value is -2.86. The quantitative estimate of drug-likeness (QED) is 0.686. The van der Waals surface area contributed by atoms with Crippen molar-refractivity contribution < 1.29 is 24.2 Å². The third kappa shape index (κ3) is 5.82. The van der Waals surface area contributed by atoms with Crippen LogP contribution >= 0.6 is 0 Å². The van der Waals surface area contributed by atoms with E-state index in [4.69, 9.17) is 14.6 Å². The molecule has 6 heteroatoms. The van der Waals surface area contributed by atoms with Crippen molar-refractivity contribution in [2.24, 2.45) is 5.92 Å². The molecule has 0 saturated carbocycles. The van der Waals surface area contributed by atoms with Crippen LogP contribution in [-0.4, -0.2) is 30.2 Å². The van der Waals surface area contributed by atoms with E-state index in [2.05, 4.69) is 5.32 Å². The fourth-order valence-electron chi connectivity index (χ4n) is 2.77. The number of benzene rings is 2. The number of ether oxygens (including phenoxy) is 2. The first-order valence-electron chi connectivity index (χ1n) is 9.20. The molecule has 2 atom stereocenters. The average Bonchev–Trinajstić information content (AvgIpc) is 2.68. The Labute approximate surface area is 165 Å². The van der Waals surface area contributed by atoms with Crippen LogP contribution in [0.2, 0.25) is 0 Å². The van der Waals surface area contributed by atoms with Crippen molar-refractivity contribution in [2.45, 2.75) is 39.5 Å². The summed E-state index contributed by atoms with van der Waals surface area (Å²) in [5.74, 6) is -0.405. The van der Waals surface area contributed by atoms with Gasteiger partial charge in [0.25, 0.3) is 0 Å². The Bertz CT molecular complexity index is 784. The summed E-state index contributed by atoms with van der Waals surface area (Å²) in [6.07, 6.45) is -0.595. The molecule has 1 amide bonds. The molecular weight excluding hydrogens is 358 g/mol. The fourth-order valence-corrected chi connectivity index (χ4v) is 2.77. The van der Waals surface area contributed by atoms with Crippen LogP contribution in [0.25, 0.3) is 0 Å². The second-order valence-corrected chi connectivity index (χ2v) is 6.98. The van der Waals surface area contributed by atoms with Gasteiger partial charge in [0.05, 0.1) is 25.3 Å². The fraction of sp³-hybridized carbons (Fsp3) is 0.364. The van der Waals surface area contributed by atoms with E-state index in [1.807, 2.05) is 45.0 Å². The monoisotopic (exact) mass is 385 g/mol. The van der Waals surface area contributed by atoms with E-state index >= 15 is 0 Å². The normalized spacial score (nSPS) is 13.0. The van der Waals surface area contributed by atoms with Crippen LogP contribution in [0.15, 0.2) is 48.5 Å². The van der Waals surface area contributed by atoms with E-state index in [-0.39, 0.29) is 23.4 Å². The van der Waals surface area contributed by atoms with E-state index in [0.717, 1.165) is 16.9 Å². The van der Waals surface area contributed by atoms with E-state index < -0.39 is 12.1 Å². The molecule has 0 saturated heterocycles. The maximum Gasteiger partial charge on any atom is 0.335 e. The predicted molar refractivity (Wildman–Crippen MR) is 106 cm³/mol. The van der Waals surface area contributed by atoms with Crippen molar-refractivity contribution in [1.29, 1.82) is 0 Å². The molecule has 2 aromatic carbocycles. The maximum absolute atomic E-state index is 12.7. The van der Waals surface area contributed by atoms with E-state index in [1.54, 1.807) is 19.2 Å². The minimum Gasteiger partial charge on any atom is -0.497 e. The highest BCUT2D eigenvalue weighted by molar-refractivity contribution is 5.87. The maximum atomic E-state index is 12.7. The van der Waals surface area contributed by atoms with Gasteiger partial charge >= 0.3 is 5.97 Å². The van der Waals surface area contributed by atoms with Gasteiger partial charge in [0.2, 0.25) is 5.91 Å². The van der Waals surface area contributed by atoms with E-state index in [9.17, 15) is 9.59 Å². The van der Waals surface area contributed by atoms with Gasteiger partial charge in [-0.15, -0.1) is 0 Å². The summed E-state index contributed by atoms with van der Waals surface area (Å²) in [6, 6.07) is 13.7. The minimum absolute atomic E-state index is 0.000153. The van der Waals surface area contributed by atoms with Crippen molar-refractivity contribution in [3.63, 3.8) is 0 Å². The van der Waals surface area contributed by atoms with Gasteiger partial charge in [-0.1, -0.05) is 38.1 Å². The number of aromatic carboxylic acids is 1. The Balaban J connectivity index is 1.98. The summed E-state index contributed by atoms with van der Waals surface area (Å²) in [7, 11) is 1.61. The summed E-state index contributed by atoms with van der Waals surface area (Å²) in [4.78, 5) is 23.7. The molecule has 2 unspecified atom stereocenters. The molecule has 28 heavy (non-hydrogen) atoms. The van der Waals surface area contributed by atoms with Gasteiger partial charge in [0.15, 0.2) is 0 Å². The number of hydrogen-bond acceptors (Lipinski definition) is 4. The molecule has 150 valence electrons. The average molecular weight is 385 g/mol. The molecule has 0 radical (unpaired) electrons. The number of carbonyl (C=O) groups is 2. The van der Waals surface area contributed by atoms with Gasteiger partial charge < -0.3 is 19.9 Å². The molecular formula is C22H27NO5. The molecule has 2 N–H and O–H groups in total. The van der Waals surface area contributed by atoms with Crippen LogP contribution < -0.4 is 10.1 Å². The first-order chi connectivity index (χ1) is 13.3. The second kappa shape index (κ2) is 9.90. The summed E-state index contributed by atoms with van der Waals surface area (Å²) >= 11 is 0. The minimum atomic E-state index is -0.977. The Morgan fingerprint density at radius 1 is 1.00 bits per heavy atom. The van der Waals surface area contributed by atoms with Crippen LogP contribution in [0.1, 0.15) is 48.3 Å². The lowest BCUT2D eigenvalue weighted by Gasteiger charge is -2.23. The van der Waals surface area contributed by atoms with E-state index in [1.165, 1.54) is 12.1 Å². The highest BCUT2D eigenvalue weighted by Crippen LogP contribution is 2.17. The number of hydrogen-bond donors (Lipinski definition) is 2. The zero-order valence-corrected chi connectivity index (χ0v) is 16.6. The van der Waals surface area contributed by atoms with Gasteiger partial charge in [-0.2, -0.15) is 0 Å². The Morgan fingerprint density at radius 3 is 2.11 bits per heavy atom. The molecule has 2 aromatic rings. The number of rotatable bonds is 9. The van der Waals surface area contributed by atoms with Crippen LogP contribution in [0.5, 0.6) is 5.75 Å². The molecule has 0 bridgehead atoms. The zero-order valence-electron chi connectivity index (χ0n) is 16.6. The number of carbonyl (C=O) groups excluding carboxylic acids is 1. The van der Waals surface area contributed by atoms with Crippen molar-refractivity contribution in [3.8, 4) is 5.75 Å². The molecule has 2 rings (SSSR count). The van der Waals surface area contributed by atoms with Crippen LogP contribution in [0, 0.1) is 5.92 Å². The number of amides is 1. The smallest absolute Gasteiger partial charge is 0.335 e. The third-order valence-corrected chi connectivity index (χ3v) is 4.47. The topological polar surface area (TPSA) is 84.9 Å². The first-order valence-corrected chi connectivity index (χ1v) is 9.20. The highest BCUT2D eigenvalue weighted by Gasteiger charge is 2.24. The van der Waals surface area contributed by atoms with Crippen molar-refractivity contribution in [1.82, 2.24) is 5.32 Å².